The Balaban J connectivity index is 3.44. The van der Waals surface area contributed by atoms with Crippen LogP contribution in [0.15, 0.2) is 67.5 Å². The Morgan fingerprint density at radius 1 is 0.769 bits per heavy atom. The molecule has 0 heterocycles. The van der Waals surface area contributed by atoms with Crippen LogP contribution in [0, 0.1) is 5.82 Å². The number of hydrogen-bond donors (Lipinski definition) is 1. The normalized spacial score (nSPS) is 10.4. The van der Waals surface area contributed by atoms with Gasteiger partial charge in [-0.25, -0.2) is 4.39 Å². The maximum absolute atomic E-state index is 15.1. The molecule has 1 N–H and O–H groups in total. The number of rotatable bonds is 14. The van der Waals surface area contributed by atoms with E-state index >= 15 is 4.39 Å². The van der Waals surface area contributed by atoms with Crippen molar-refractivity contribution in [1.82, 2.24) is 0 Å². The zero-order valence-corrected chi connectivity index (χ0v) is 17.5. The van der Waals surface area contributed by atoms with Crippen LogP contribution in [0.5, 0.6) is 5.75 Å². The molecule has 1 aromatic carbocycles. The Morgan fingerprint density at radius 3 is 1.65 bits per heavy atom. The predicted octanol–water partition coefficient (Wildman–Crippen LogP) is 6.16. The molecule has 0 aliphatic rings. The molecule has 1 aromatic rings. The molecule has 0 amide bonds. The van der Waals surface area contributed by atoms with Gasteiger partial charge in [0.15, 0.2) is 5.82 Å². The van der Waals surface area contributed by atoms with Gasteiger partial charge in [0.1, 0.15) is 12.4 Å². The van der Waals surface area contributed by atoms with Crippen molar-refractivity contribution in [3.05, 3.63) is 53.8 Å². The average molecular weight is 433 g/mol. The van der Waals surface area contributed by atoms with Gasteiger partial charge in [-0.2, -0.15) is 0 Å². The summed E-state index contributed by atoms with van der Waals surface area (Å²) in [6, 6.07) is 0. The molecule has 0 aliphatic heterocycles. The summed E-state index contributed by atoms with van der Waals surface area (Å²) in [6.07, 6.45) is 0. The Kier molecular flexibility index (Phi) is 12.0. The molecular weight excluding hydrogens is 411 g/mol. The number of aliphatic hydroxyl groups excluding tert-OH is 1. The van der Waals surface area contributed by atoms with Crippen molar-refractivity contribution in [3.63, 3.8) is 0 Å². The van der Waals surface area contributed by atoms with Crippen LogP contribution in [0.4, 0.5) is 4.39 Å². The smallest absolute Gasteiger partial charge is 0.153 e. The van der Waals surface area contributed by atoms with E-state index in [1.807, 2.05) is 0 Å². The first-order valence-corrected chi connectivity index (χ1v) is 11.0. The van der Waals surface area contributed by atoms with Gasteiger partial charge in [0.25, 0.3) is 0 Å². The van der Waals surface area contributed by atoms with Gasteiger partial charge in [0, 0.05) is 0 Å². The van der Waals surface area contributed by atoms with Gasteiger partial charge >= 0.3 is 0 Å². The molecule has 1 rings (SSSR count). The summed E-state index contributed by atoms with van der Waals surface area (Å²) in [5, 5.41) is 15.2. The fraction of sp³-hybridized carbons (Fsp3) is 0.222. The summed E-state index contributed by atoms with van der Waals surface area (Å²) in [5.74, 6) is 0.194. The highest BCUT2D eigenvalue weighted by Gasteiger charge is 2.25. The third-order valence-corrected chi connectivity index (χ3v) is 6.15. The van der Waals surface area contributed by atoms with Gasteiger partial charge in [-0.15, -0.1) is 0 Å². The van der Waals surface area contributed by atoms with Gasteiger partial charge < -0.3 is 14.6 Å². The largest absolute Gasteiger partial charge is 0.489 e. The topological polar surface area (TPSA) is 38.7 Å². The second-order valence-electron chi connectivity index (χ2n) is 4.28. The van der Waals surface area contributed by atoms with Gasteiger partial charge in [0.2, 0.25) is 0 Å². The van der Waals surface area contributed by atoms with Crippen LogP contribution in [0.2, 0.25) is 0 Å². The fourth-order valence-electron chi connectivity index (χ4n) is 1.87. The van der Waals surface area contributed by atoms with E-state index in [1.54, 1.807) is 21.6 Å². The maximum atomic E-state index is 15.1. The highest BCUT2D eigenvalue weighted by Crippen LogP contribution is 2.51. The molecule has 0 atom stereocenters. The minimum Gasteiger partial charge on any atom is -0.489 e. The van der Waals surface area contributed by atoms with E-state index in [9.17, 15) is 0 Å². The number of hydrogen-bond acceptors (Lipinski definition) is 7. The molecule has 26 heavy (non-hydrogen) atoms. The lowest BCUT2D eigenvalue weighted by atomic mass is 10.3. The lowest BCUT2D eigenvalue weighted by molar-refractivity contribution is 0.0690. The van der Waals surface area contributed by atoms with Crippen LogP contribution in [0.3, 0.4) is 0 Å². The zero-order chi connectivity index (χ0) is 19.4. The van der Waals surface area contributed by atoms with Crippen molar-refractivity contribution < 1.29 is 19.0 Å². The van der Waals surface area contributed by atoms with E-state index in [-0.39, 0.29) is 25.6 Å². The van der Waals surface area contributed by atoms with Crippen molar-refractivity contribution >= 4 is 47.0 Å². The van der Waals surface area contributed by atoms with Crippen molar-refractivity contribution in [2.24, 2.45) is 0 Å². The third kappa shape index (κ3) is 6.44. The van der Waals surface area contributed by atoms with Crippen LogP contribution in [0.1, 0.15) is 0 Å². The molecule has 0 aliphatic carbocycles. The summed E-state index contributed by atoms with van der Waals surface area (Å²) < 4.78 is 26.3. The standard InChI is InChI=1S/C18H21FO3S4/c1-5-23-15-13(19)16(24-6-2)18(26-8-4)14(17(15)25-7-3)22-12-11-21-10-9-20/h5-8,20H,1-4,9-12H2. The molecule has 0 saturated heterocycles. The van der Waals surface area contributed by atoms with Crippen LogP contribution in [-0.4, -0.2) is 31.5 Å². The summed E-state index contributed by atoms with van der Waals surface area (Å²) >= 11 is 4.95. The van der Waals surface area contributed by atoms with Crippen LogP contribution >= 0.6 is 47.0 Å². The van der Waals surface area contributed by atoms with Crippen molar-refractivity contribution in [1.29, 1.82) is 0 Å². The van der Waals surface area contributed by atoms with Crippen molar-refractivity contribution in [3.8, 4) is 5.75 Å². The molecule has 8 heteroatoms. The molecule has 3 nitrogen and oxygen atoms in total. The summed E-state index contributed by atoms with van der Waals surface area (Å²) in [4.78, 5) is 2.10. The fourth-order valence-corrected chi connectivity index (χ4v) is 4.98. The number of halogens is 1. The lowest BCUT2D eigenvalue weighted by Gasteiger charge is -2.20. The van der Waals surface area contributed by atoms with E-state index in [0.29, 0.717) is 31.9 Å². The van der Waals surface area contributed by atoms with Crippen LogP contribution in [-0.2, 0) is 4.74 Å². The van der Waals surface area contributed by atoms with E-state index in [0.717, 1.165) is 0 Å². The van der Waals surface area contributed by atoms with Crippen molar-refractivity contribution in [2.75, 3.05) is 26.4 Å². The first-order valence-electron chi connectivity index (χ1n) is 7.47. The first kappa shape index (κ1) is 23.3. The summed E-state index contributed by atoms with van der Waals surface area (Å²) in [6.45, 7) is 15.6. The molecule has 0 unspecified atom stereocenters. The molecule has 0 saturated carbocycles. The van der Waals surface area contributed by atoms with Crippen LogP contribution in [0.25, 0.3) is 0 Å². The van der Waals surface area contributed by atoms with E-state index in [4.69, 9.17) is 14.6 Å². The van der Waals surface area contributed by atoms with Crippen LogP contribution < -0.4 is 4.74 Å². The lowest BCUT2D eigenvalue weighted by Crippen LogP contribution is -2.10. The van der Waals surface area contributed by atoms with E-state index in [1.165, 1.54) is 47.0 Å². The maximum Gasteiger partial charge on any atom is 0.153 e. The Morgan fingerprint density at radius 2 is 1.23 bits per heavy atom. The Bertz CT molecular complexity index is 605. The number of benzene rings is 1. The highest BCUT2D eigenvalue weighted by molar-refractivity contribution is 8.06. The molecule has 0 fully saturated rings. The molecule has 0 radical (unpaired) electrons. The van der Waals surface area contributed by atoms with E-state index in [2.05, 4.69) is 26.3 Å². The van der Waals surface area contributed by atoms with E-state index < -0.39 is 0 Å². The summed E-state index contributed by atoms with van der Waals surface area (Å²) in [5.41, 5.74) is 0. The molecule has 0 aromatic heterocycles. The zero-order valence-electron chi connectivity index (χ0n) is 14.2. The second kappa shape index (κ2) is 13.4. The highest BCUT2D eigenvalue weighted by atomic mass is 32.2. The minimum atomic E-state index is -0.350. The quantitative estimate of drug-likeness (QED) is 0.279. The average Bonchev–Trinajstić information content (AvgIpc) is 2.63. The van der Waals surface area contributed by atoms with Gasteiger partial charge in [-0.3, -0.25) is 0 Å². The minimum absolute atomic E-state index is 0.0497. The number of ether oxygens (including phenoxy) is 2. The van der Waals surface area contributed by atoms with Gasteiger partial charge in [-0.05, 0) is 21.6 Å². The molecule has 0 bridgehead atoms. The monoisotopic (exact) mass is 432 g/mol. The molecule has 142 valence electrons. The first-order chi connectivity index (χ1) is 12.7. The molecule has 0 spiro atoms. The van der Waals surface area contributed by atoms with Gasteiger partial charge in [-0.1, -0.05) is 73.4 Å². The summed E-state index contributed by atoms with van der Waals surface area (Å²) in [7, 11) is 0. The second-order valence-corrected chi connectivity index (χ2v) is 8.19. The molecular formula is C18H21FO3S4. The third-order valence-electron chi connectivity index (χ3n) is 2.74. The van der Waals surface area contributed by atoms with Crippen molar-refractivity contribution in [2.45, 2.75) is 19.6 Å². The SMILES string of the molecule is C=CSc1c(F)c(SC=C)c(SC=C)c(OCCOCCO)c1SC=C. The van der Waals surface area contributed by atoms with Gasteiger partial charge in [0.05, 0.1) is 39.4 Å². The Labute approximate surface area is 171 Å². The number of aliphatic hydroxyl groups is 1. The number of thioether (sulfide) groups is 4. The Hall–Kier alpha value is -0.770. The predicted molar refractivity (Wildman–Crippen MR) is 114 cm³/mol.